The molecule has 1 fully saturated rings. The predicted molar refractivity (Wildman–Crippen MR) is 97.2 cm³/mol. The van der Waals surface area contributed by atoms with Crippen molar-refractivity contribution in [3.8, 4) is 0 Å². The number of rotatable bonds is 3. The highest BCUT2D eigenvalue weighted by atomic mass is 16.6. The molecule has 1 atom stereocenters. The van der Waals surface area contributed by atoms with Gasteiger partial charge in [0.1, 0.15) is 5.60 Å². The molecule has 1 amide bonds. The van der Waals surface area contributed by atoms with Gasteiger partial charge in [-0.2, -0.15) is 0 Å². The second-order valence-electron chi connectivity index (χ2n) is 7.73. The number of amides is 1. The van der Waals surface area contributed by atoms with Gasteiger partial charge in [-0.25, -0.2) is 4.79 Å². The number of piperidine rings is 1. The van der Waals surface area contributed by atoms with Gasteiger partial charge in [0.2, 0.25) is 0 Å². The van der Waals surface area contributed by atoms with Crippen LogP contribution in [0.15, 0.2) is 17.3 Å². The molecule has 1 aromatic heterocycles. The van der Waals surface area contributed by atoms with Gasteiger partial charge < -0.3 is 9.94 Å². The summed E-state index contributed by atoms with van der Waals surface area (Å²) in [4.78, 5) is 18.8. The van der Waals surface area contributed by atoms with Crippen molar-refractivity contribution in [1.29, 1.82) is 0 Å². The molecule has 1 saturated heterocycles. The quantitative estimate of drug-likeness (QED) is 0.512. The highest BCUT2D eigenvalue weighted by Gasteiger charge is 2.34. The minimum absolute atomic E-state index is 0.254. The molecule has 1 aromatic rings. The molecule has 6 nitrogen and oxygen atoms in total. The van der Waals surface area contributed by atoms with Crippen LogP contribution in [0, 0.1) is 13.8 Å². The van der Waals surface area contributed by atoms with E-state index in [2.05, 4.69) is 10.1 Å². The van der Waals surface area contributed by atoms with Crippen molar-refractivity contribution in [2.24, 2.45) is 5.16 Å². The molecular weight excluding hydrogens is 318 g/mol. The molecule has 0 bridgehead atoms. The molecule has 0 unspecified atom stereocenters. The van der Waals surface area contributed by atoms with Crippen LogP contribution >= 0.6 is 0 Å². The van der Waals surface area contributed by atoms with Crippen LogP contribution in [0.2, 0.25) is 0 Å². The minimum atomic E-state index is -0.551. The monoisotopic (exact) mass is 347 g/mol. The van der Waals surface area contributed by atoms with Gasteiger partial charge in [-0.1, -0.05) is 5.16 Å². The fourth-order valence-electron chi connectivity index (χ4n) is 3.24. The van der Waals surface area contributed by atoms with E-state index >= 15 is 0 Å². The normalized spacial score (nSPS) is 19.0. The highest BCUT2D eigenvalue weighted by Crippen LogP contribution is 2.23. The van der Waals surface area contributed by atoms with Crippen molar-refractivity contribution in [3.05, 3.63) is 29.1 Å². The Hall–Kier alpha value is -2.11. The summed E-state index contributed by atoms with van der Waals surface area (Å²) in [5.74, 6) is 0. The van der Waals surface area contributed by atoms with Gasteiger partial charge in [0.15, 0.2) is 0 Å². The van der Waals surface area contributed by atoms with Crippen LogP contribution < -0.4 is 0 Å². The van der Waals surface area contributed by atoms with Crippen molar-refractivity contribution >= 4 is 11.8 Å². The van der Waals surface area contributed by atoms with Crippen LogP contribution in [0.3, 0.4) is 0 Å². The maximum Gasteiger partial charge on any atom is 0.410 e. The van der Waals surface area contributed by atoms with Crippen LogP contribution in [-0.2, 0) is 11.2 Å². The molecule has 1 N–H and O–H groups in total. The SMILES string of the molecule is Cc1cc(C)nc(C/C(=N/O)[C@@H]2CCCCN2C(=O)OC(C)(C)C)c1. The lowest BCUT2D eigenvalue weighted by molar-refractivity contribution is 0.0163. The zero-order chi connectivity index (χ0) is 18.6. The minimum Gasteiger partial charge on any atom is -0.444 e. The average Bonchev–Trinajstić information content (AvgIpc) is 2.50. The molecule has 0 radical (unpaired) electrons. The molecule has 1 aliphatic heterocycles. The van der Waals surface area contributed by atoms with Gasteiger partial charge >= 0.3 is 6.09 Å². The molecule has 138 valence electrons. The standard InChI is InChI=1S/C19H29N3O3/c1-13-10-14(2)20-15(11-13)12-16(21-24)17-8-6-7-9-22(17)18(23)25-19(3,4)5/h10-11,17,24H,6-9,12H2,1-5H3/b21-16-/t17-/m0/s1. The number of carbonyl (C=O) groups is 1. The molecule has 0 saturated carbocycles. The number of likely N-dealkylation sites (tertiary alicyclic amines) is 1. The lowest BCUT2D eigenvalue weighted by Crippen LogP contribution is -2.50. The molecule has 2 heterocycles. The first-order chi connectivity index (χ1) is 11.7. The molecule has 0 aliphatic carbocycles. The Balaban J connectivity index is 2.19. The molecule has 2 rings (SSSR count). The van der Waals surface area contributed by atoms with E-state index in [0.29, 0.717) is 18.7 Å². The number of aromatic nitrogens is 1. The smallest absolute Gasteiger partial charge is 0.410 e. The third-order valence-corrected chi connectivity index (χ3v) is 4.16. The third kappa shape index (κ3) is 5.44. The Morgan fingerprint density at radius 1 is 1.36 bits per heavy atom. The van der Waals surface area contributed by atoms with Crippen LogP contribution in [0.25, 0.3) is 0 Å². The topological polar surface area (TPSA) is 75.0 Å². The molecule has 25 heavy (non-hydrogen) atoms. The first kappa shape index (κ1) is 19.2. The van der Waals surface area contributed by atoms with Crippen LogP contribution in [0.4, 0.5) is 4.79 Å². The van der Waals surface area contributed by atoms with Gasteiger partial charge in [-0.15, -0.1) is 0 Å². The number of aryl methyl sites for hydroxylation is 2. The Labute approximate surface area is 149 Å². The highest BCUT2D eigenvalue weighted by molar-refractivity contribution is 5.93. The van der Waals surface area contributed by atoms with Crippen molar-refractivity contribution in [2.75, 3.05) is 6.54 Å². The van der Waals surface area contributed by atoms with Gasteiger partial charge in [-0.05, 0) is 71.6 Å². The van der Waals surface area contributed by atoms with Gasteiger partial charge in [0, 0.05) is 24.4 Å². The van der Waals surface area contributed by atoms with Gasteiger partial charge in [-0.3, -0.25) is 9.88 Å². The van der Waals surface area contributed by atoms with E-state index in [0.717, 1.165) is 36.2 Å². The van der Waals surface area contributed by atoms with Crippen molar-refractivity contribution < 1.29 is 14.7 Å². The van der Waals surface area contributed by atoms with Crippen molar-refractivity contribution in [3.63, 3.8) is 0 Å². The Kier molecular flexibility index (Phi) is 6.03. The van der Waals surface area contributed by atoms with E-state index in [4.69, 9.17) is 4.74 Å². The zero-order valence-corrected chi connectivity index (χ0v) is 15.9. The fourth-order valence-corrected chi connectivity index (χ4v) is 3.24. The maximum atomic E-state index is 12.6. The first-order valence-corrected chi connectivity index (χ1v) is 8.84. The summed E-state index contributed by atoms with van der Waals surface area (Å²) in [6.07, 6.45) is 2.75. The Morgan fingerprint density at radius 3 is 2.68 bits per heavy atom. The first-order valence-electron chi connectivity index (χ1n) is 8.84. The summed E-state index contributed by atoms with van der Waals surface area (Å²) in [6.45, 7) is 10.1. The van der Waals surface area contributed by atoms with Crippen LogP contribution in [0.1, 0.15) is 57.0 Å². The summed E-state index contributed by atoms with van der Waals surface area (Å²) >= 11 is 0. The van der Waals surface area contributed by atoms with E-state index in [-0.39, 0.29) is 12.1 Å². The number of nitrogens with zero attached hydrogens (tertiary/aromatic N) is 3. The lowest BCUT2D eigenvalue weighted by Gasteiger charge is -2.37. The summed E-state index contributed by atoms with van der Waals surface area (Å²) in [5.41, 5.74) is 2.90. The van der Waals surface area contributed by atoms with E-state index < -0.39 is 5.60 Å². The lowest BCUT2D eigenvalue weighted by atomic mass is 9.95. The Morgan fingerprint density at radius 2 is 2.08 bits per heavy atom. The number of carbonyl (C=O) groups excluding carboxylic acids is 1. The number of ether oxygens (including phenoxy) is 1. The zero-order valence-electron chi connectivity index (χ0n) is 15.9. The van der Waals surface area contributed by atoms with E-state index in [1.54, 1.807) is 4.90 Å². The second kappa shape index (κ2) is 7.85. The summed E-state index contributed by atoms with van der Waals surface area (Å²) in [5, 5.41) is 13.1. The number of pyridine rings is 1. The van der Waals surface area contributed by atoms with Crippen LogP contribution in [-0.4, -0.2) is 45.1 Å². The molecular formula is C19H29N3O3. The number of hydrogen-bond acceptors (Lipinski definition) is 5. The molecule has 6 heteroatoms. The van der Waals surface area contributed by atoms with E-state index in [1.807, 2.05) is 46.8 Å². The van der Waals surface area contributed by atoms with E-state index in [9.17, 15) is 10.0 Å². The van der Waals surface area contributed by atoms with Crippen LogP contribution in [0.5, 0.6) is 0 Å². The largest absolute Gasteiger partial charge is 0.444 e. The Bertz CT molecular complexity index is 630. The second-order valence-corrected chi connectivity index (χ2v) is 7.73. The number of hydrogen-bond donors (Lipinski definition) is 1. The van der Waals surface area contributed by atoms with Gasteiger partial charge in [0.25, 0.3) is 0 Å². The summed E-state index contributed by atoms with van der Waals surface area (Å²) in [6, 6.07) is 3.74. The third-order valence-electron chi connectivity index (χ3n) is 4.16. The molecule has 0 spiro atoms. The average molecular weight is 347 g/mol. The maximum absolute atomic E-state index is 12.6. The summed E-state index contributed by atoms with van der Waals surface area (Å²) < 4.78 is 5.53. The molecule has 0 aromatic carbocycles. The number of oxime groups is 1. The predicted octanol–water partition coefficient (Wildman–Crippen LogP) is 3.86. The fraction of sp³-hybridized carbons (Fsp3) is 0.632. The summed E-state index contributed by atoms with van der Waals surface area (Å²) in [7, 11) is 0. The van der Waals surface area contributed by atoms with Crippen molar-refractivity contribution in [2.45, 2.75) is 71.9 Å². The molecule has 1 aliphatic rings. The van der Waals surface area contributed by atoms with E-state index in [1.165, 1.54) is 0 Å². The van der Waals surface area contributed by atoms with Crippen molar-refractivity contribution in [1.82, 2.24) is 9.88 Å². The van der Waals surface area contributed by atoms with Gasteiger partial charge in [0.05, 0.1) is 11.8 Å².